The van der Waals surface area contributed by atoms with E-state index in [1.165, 1.54) is 77.2 Å². The molecule has 0 N–H and O–H groups in total. The molecule has 0 atom stereocenters. The minimum absolute atomic E-state index is 0.382. The van der Waals surface area contributed by atoms with Gasteiger partial charge in [0, 0.05) is 11.8 Å². The Bertz CT molecular complexity index is 2420. The highest BCUT2D eigenvalue weighted by Gasteiger charge is 2.52. The maximum atomic E-state index is 4.53. The minimum Gasteiger partial charge on any atom is -0.256 e. The van der Waals surface area contributed by atoms with Crippen LogP contribution in [0, 0.1) is 0 Å². The standard InChI is InChI=1S/C44H27N/c1-2-10-33-29(9-1)22-25-40-42(33)37-24-21-32-27-31(28-16-18-30(19-17-28)41-15-7-8-26-45-41)20-23-34(32)43(37)44(40)38-13-5-3-11-35(38)36-12-4-6-14-39(36)44/h1-27H. The first-order chi connectivity index (χ1) is 22.3. The number of fused-ring (bicyclic) bond motifs is 14. The Kier molecular flexibility index (Phi) is 4.99. The van der Waals surface area contributed by atoms with Crippen molar-refractivity contribution in [2.75, 3.05) is 0 Å². The van der Waals surface area contributed by atoms with E-state index < -0.39 is 0 Å². The number of hydrogen-bond donors (Lipinski definition) is 0. The number of benzene rings is 7. The summed E-state index contributed by atoms with van der Waals surface area (Å²) in [6.45, 7) is 0. The molecule has 1 heteroatoms. The maximum Gasteiger partial charge on any atom is 0.0731 e. The zero-order chi connectivity index (χ0) is 29.5. The summed E-state index contributed by atoms with van der Waals surface area (Å²) in [5, 5.41) is 5.17. The molecule has 0 unspecified atom stereocenters. The molecule has 1 aromatic heterocycles. The van der Waals surface area contributed by atoms with Gasteiger partial charge in [0.1, 0.15) is 0 Å². The average Bonchev–Trinajstić information content (AvgIpc) is 3.59. The van der Waals surface area contributed by atoms with Crippen LogP contribution in [-0.2, 0) is 5.41 Å². The first kappa shape index (κ1) is 24.6. The van der Waals surface area contributed by atoms with Gasteiger partial charge in [-0.25, -0.2) is 0 Å². The maximum absolute atomic E-state index is 4.53. The fourth-order valence-corrected chi connectivity index (χ4v) is 8.29. The molecule has 1 heterocycles. The van der Waals surface area contributed by atoms with E-state index in [9.17, 15) is 0 Å². The van der Waals surface area contributed by atoms with Crippen LogP contribution in [-0.4, -0.2) is 4.98 Å². The van der Waals surface area contributed by atoms with Gasteiger partial charge < -0.3 is 0 Å². The van der Waals surface area contributed by atoms with E-state index in [1.54, 1.807) is 0 Å². The van der Waals surface area contributed by atoms with Crippen LogP contribution < -0.4 is 0 Å². The third-order valence-corrected chi connectivity index (χ3v) is 10.1. The SMILES string of the molecule is c1ccc(-c2ccc(-c3ccc4c5c(ccc4c3)-c3c(ccc4ccccc34)C53c4ccccc4-c4ccccc43)cc2)nc1. The van der Waals surface area contributed by atoms with E-state index in [0.29, 0.717) is 0 Å². The first-order valence-electron chi connectivity index (χ1n) is 15.6. The van der Waals surface area contributed by atoms with Crippen molar-refractivity contribution in [3.8, 4) is 44.6 Å². The third kappa shape index (κ3) is 3.25. The lowest BCUT2D eigenvalue weighted by Gasteiger charge is -2.31. The van der Waals surface area contributed by atoms with Gasteiger partial charge >= 0.3 is 0 Å². The Labute approximate surface area is 262 Å². The highest BCUT2D eigenvalue weighted by atomic mass is 14.7. The monoisotopic (exact) mass is 569 g/mol. The molecular weight excluding hydrogens is 542 g/mol. The van der Waals surface area contributed by atoms with Crippen LogP contribution in [0.2, 0.25) is 0 Å². The van der Waals surface area contributed by atoms with Crippen LogP contribution in [0.4, 0.5) is 0 Å². The highest BCUT2D eigenvalue weighted by molar-refractivity contribution is 6.11. The molecule has 45 heavy (non-hydrogen) atoms. The summed E-state index contributed by atoms with van der Waals surface area (Å²) in [6.07, 6.45) is 1.85. The summed E-state index contributed by atoms with van der Waals surface area (Å²) in [5.74, 6) is 0. The second kappa shape index (κ2) is 9.11. The molecular formula is C44H27N. The van der Waals surface area contributed by atoms with Gasteiger partial charge in [-0.1, -0.05) is 140 Å². The Morgan fingerprint density at radius 2 is 1.07 bits per heavy atom. The zero-order valence-corrected chi connectivity index (χ0v) is 24.5. The molecule has 10 rings (SSSR count). The highest BCUT2D eigenvalue weighted by Crippen LogP contribution is 2.65. The van der Waals surface area contributed by atoms with Gasteiger partial charge in [0.05, 0.1) is 11.1 Å². The molecule has 0 aliphatic heterocycles. The van der Waals surface area contributed by atoms with Crippen molar-refractivity contribution in [2.45, 2.75) is 5.41 Å². The summed E-state index contributed by atoms with van der Waals surface area (Å²) < 4.78 is 0. The van der Waals surface area contributed by atoms with E-state index in [4.69, 9.17) is 0 Å². The van der Waals surface area contributed by atoms with Crippen molar-refractivity contribution in [3.05, 3.63) is 186 Å². The minimum atomic E-state index is -0.382. The van der Waals surface area contributed by atoms with Crippen LogP contribution in [0.5, 0.6) is 0 Å². The van der Waals surface area contributed by atoms with Crippen molar-refractivity contribution in [1.29, 1.82) is 0 Å². The molecule has 208 valence electrons. The molecule has 0 saturated heterocycles. The van der Waals surface area contributed by atoms with E-state index in [1.807, 2.05) is 18.3 Å². The predicted molar refractivity (Wildman–Crippen MR) is 186 cm³/mol. The van der Waals surface area contributed by atoms with Crippen molar-refractivity contribution >= 4 is 21.5 Å². The molecule has 7 aromatic carbocycles. The van der Waals surface area contributed by atoms with Crippen molar-refractivity contribution < 1.29 is 0 Å². The van der Waals surface area contributed by atoms with E-state index in [-0.39, 0.29) is 5.41 Å². The van der Waals surface area contributed by atoms with Crippen LogP contribution in [0.3, 0.4) is 0 Å². The Morgan fingerprint density at radius 1 is 0.400 bits per heavy atom. The molecule has 0 bridgehead atoms. The van der Waals surface area contributed by atoms with Crippen molar-refractivity contribution in [3.63, 3.8) is 0 Å². The molecule has 1 spiro atoms. The molecule has 2 aliphatic rings. The van der Waals surface area contributed by atoms with E-state index in [2.05, 4.69) is 151 Å². The second-order valence-electron chi connectivity index (χ2n) is 12.3. The van der Waals surface area contributed by atoms with Crippen LogP contribution in [0.25, 0.3) is 66.2 Å². The van der Waals surface area contributed by atoms with E-state index >= 15 is 0 Å². The van der Waals surface area contributed by atoms with Crippen LogP contribution in [0.15, 0.2) is 164 Å². The van der Waals surface area contributed by atoms with Gasteiger partial charge in [-0.2, -0.15) is 0 Å². The van der Waals surface area contributed by atoms with Gasteiger partial charge in [-0.3, -0.25) is 4.98 Å². The first-order valence-corrected chi connectivity index (χ1v) is 15.6. The molecule has 0 fully saturated rings. The van der Waals surface area contributed by atoms with Gasteiger partial charge in [-0.05, 0) is 95.4 Å². The Hall–Kier alpha value is -5.79. The lowest BCUT2D eigenvalue weighted by Crippen LogP contribution is -2.26. The van der Waals surface area contributed by atoms with Gasteiger partial charge in [0.15, 0.2) is 0 Å². The Balaban J connectivity index is 1.25. The number of rotatable bonds is 2. The van der Waals surface area contributed by atoms with Crippen LogP contribution >= 0.6 is 0 Å². The summed E-state index contributed by atoms with van der Waals surface area (Å²) >= 11 is 0. The zero-order valence-electron chi connectivity index (χ0n) is 24.5. The number of nitrogens with zero attached hydrogens (tertiary/aromatic N) is 1. The summed E-state index contributed by atoms with van der Waals surface area (Å²) in [7, 11) is 0. The lowest BCUT2D eigenvalue weighted by atomic mass is 9.69. The predicted octanol–water partition coefficient (Wildman–Crippen LogP) is 11.1. The van der Waals surface area contributed by atoms with Crippen molar-refractivity contribution in [2.24, 2.45) is 0 Å². The largest absolute Gasteiger partial charge is 0.256 e. The molecule has 2 aliphatic carbocycles. The Morgan fingerprint density at radius 3 is 1.84 bits per heavy atom. The number of pyridine rings is 1. The van der Waals surface area contributed by atoms with Gasteiger partial charge in [0.2, 0.25) is 0 Å². The second-order valence-corrected chi connectivity index (χ2v) is 12.3. The van der Waals surface area contributed by atoms with Gasteiger partial charge in [0.25, 0.3) is 0 Å². The quantitative estimate of drug-likeness (QED) is 0.202. The van der Waals surface area contributed by atoms with Crippen LogP contribution in [0.1, 0.15) is 22.3 Å². The number of hydrogen-bond acceptors (Lipinski definition) is 1. The fraction of sp³-hybridized carbons (Fsp3) is 0.0227. The average molecular weight is 570 g/mol. The summed E-state index contributed by atoms with van der Waals surface area (Å²) in [5.41, 5.74) is 15.1. The topological polar surface area (TPSA) is 12.9 Å². The number of aromatic nitrogens is 1. The molecule has 0 radical (unpaired) electrons. The summed E-state index contributed by atoms with van der Waals surface area (Å²) in [6, 6.07) is 58.3. The molecule has 8 aromatic rings. The smallest absolute Gasteiger partial charge is 0.0731 e. The normalized spacial score (nSPS) is 13.5. The van der Waals surface area contributed by atoms with E-state index in [0.717, 1.165) is 11.3 Å². The third-order valence-electron chi connectivity index (χ3n) is 10.1. The van der Waals surface area contributed by atoms with Gasteiger partial charge in [-0.15, -0.1) is 0 Å². The molecule has 0 saturated carbocycles. The lowest BCUT2D eigenvalue weighted by molar-refractivity contribution is 0.802. The summed E-state index contributed by atoms with van der Waals surface area (Å²) in [4.78, 5) is 4.53. The van der Waals surface area contributed by atoms with Crippen molar-refractivity contribution in [1.82, 2.24) is 4.98 Å². The molecule has 0 amide bonds. The molecule has 1 nitrogen and oxygen atoms in total. The fourth-order valence-electron chi connectivity index (χ4n) is 8.29.